The van der Waals surface area contributed by atoms with Crippen LogP contribution in [0.5, 0.6) is 0 Å². The number of rotatable bonds is 5. The molecule has 10 heteroatoms. The molecule has 0 spiro atoms. The van der Waals surface area contributed by atoms with E-state index in [0.29, 0.717) is 43.6 Å². The molecule has 2 aromatic carbocycles. The summed E-state index contributed by atoms with van der Waals surface area (Å²) in [5.41, 5.74) is 6.96. The molecular weight excluding hydrogens is 552 g/mol. The van der Waals surface area contributed by atoms with Gasteiger partial charge in [0.1, 0.15) is 17.0 Å². The Morgan fingerprint density at radius 1 is 1.20 bits per heavy atom. The SMILES string of the molecule is Cl.N#Cc1ccc(/C=C/CN2CCc3c(c4cc5c(cc4n3C(=O)NCc3ccnc(Cl)c3)COC5)C2)cc1F. The lowest BCUT2D eigenvalue weighted by Gasteiger charge is -2.27. The Balaban J connectivity index is 0.00000323. The molecule has 0 saturated carbocycles. The lowest BCUT2D eigenvalue weighted by molar-refractivity contribution is 0.134. The second-order valence-corrected chi connectivity index (χ2v) is 10.2. The van der Waals surface area contributed by atoms with Crippen molar-refractivity contribution in [1.29, 1.82) is 5.26 Å². The summed E-state index contributed by atoms with van der Waals surface area (Å²) < 4.78 is 21.4. The van der Waals surface area contributed by atoms with Crippen molar-refractivity contribution in [3.63, 3.8) is 0 Å². The van der Waals surface area contributed by atoms with E-state index in [1.54, 1.807) is 18.3 Å². The van der Waals surface area contributed by atoms with E-state index in [1.807, 2.05) is 28.9 Å². The van der Waals surface area contributed by atoms with E-state index in [4.69, 9.17) is 21.6 Å². The number of nitrogens with zero attached hydrogens (tertiary/aromatic N) is 4. The minimum Gasteiger partial charge on any atom is -0.372 e. The summed E-state index contributed by atoms with van der Waals surface area (Å²) in [6, 6.07) is 14.1. The average molecular weight is 578 g/mol. The summed E-state index contributed by atoms with van der Waals surface area (Å²) in [4.78, 5) is 19.8. The van der Waals surface area contributed by atoms with Gasteiger partial charge < -0.3 is 10.1 Å². The second kappa shape index (κ2) is 11.8. The van der Waals surface area contributed by atoms with Crippen molar-refractivity contribution < 1.29 is 13.9 Å². The maximum absolute atomic E-state index is 14.0. The predicted molar refractivity (Wildman–Crippen MR) is 154 cm³/mol. The van der Waals surface area contributed by atoms with Gasteiger partial charge in [-0.3, -0.25) is 9.47 Å². The van der Waals surface area contributed by atoms with Crippen molar-refractivity contribution in [2.24, 2.45) is 0 Å². The lowest BCUT2D eigenvalue weighted by Crippen LogP contribution is -2.34. The van der Waals surface area contributed by atoms with Crippen LogP contribution >= 0.6 is 24.0 Å². The summed E-state index contributed by atoms with van der Waals surface area (Å²) >= 11 is 6.01. The molecule has 40 heavy (non-hydrogen) atoms. The number of hydrogen-bond donors (Lipinski definition) is 1. The number of fused-ring (bicyclic) bond motifs is 4. The molecular formula is C30H26Cl2FN5O2. The maximum Gasteiger partial charge on any atom is 0.326 e. The summed E-state index contributed by atoms with van der Waals surface area (Å²) in [5.74, 6) is -0.517. The van der Waals surface area contributed by atoms with E-state index in [9.17, 15) is 9.18 Å². The molecule has 0 unspecified atom stereocenters. The van der Waals surface area contributed by atoms with Gasteiger partial charge in [-0.05, 0) is 64.2 Å². The summed E-state index contributed by atoms with van der Waals surface area (Å²) in [7, 11) is 0. The molecule has 4 aromatic rings. The van der Waals surface area contributed by atoms with Crippen LogP contribution in [0.4, 0.5) is 9.18 Å². The molecule has 1 N–H and O–H groups in total. The largest absolute Gasteiger partial charge is 0.372 e. The number of benzene rings is 2. The highest BCUT2D eigenvalue weighted by Crippen LogP contribution is 2.35. The Morgan fingerprint density at radius 3 is 2.80 bits per heavy atom. The first-order valence-electron chi connectivity index (χ1n) is 12.7. The van der Waals surface area contributed by atoms with Gasteiger partial charge in [0.15, 0.2) is 0 Å². The first kappa shape index (κ1) is 27.8. The lowest BCUT2D eigenvalue weighted by atomic mass is 10.0. The van der Waals surface area contributed by atoms with Crippen LogP contribution in [-0.4, -0.2) is 33.6 Å². The van der Waals surface area contributed by atoms with Gasteiger partial charge in [-0.1, -0.05) is 29.8 Å². The fraction of sp³-hybridized carbons (Fsp3) is 0.233. The van der Waals surface area contributed by atoms with E-state index >= 15 is 0 Å². The number of amides is 1. The van der Waals surface area contributed by atoms with Crippen molar-refractivity contribution in [2.45, 2.75) is 32.7 Å². The standard InChI is InChI=1S/C30H25ClFN5O2.ClH/c31-29-11-20(5-7-34-29)15-35-30(38)37-27-6-9-36(8-1-2-19-3-4-21(14-33)26(32)10-19)16-25(27)24-12-22-17-39-18-23(22)13-28(24)37;/h1-5,7,10-13H,6,8-9,15-18H2,(H,35,38);1H/b2-1+;. The third-order valence-corrected chi connectivity index (χ3v) is 7.50. The van der Waals surface area contributed by atoms with Crippen LogP contribution in [0.2, 0.25) is 5.15 Å². The molecule has 6 rings (SSSR count). The van der Waals surface area contributed by atoms with Gasteiger partial charge in [-0.15, -0.1) is 12.4 Å². The van der Waals surface area contributed by atoms with E-state index in [-0.39, 0.29) is 24.0 Å². The number of pyridine rings is 1. The smallest absolute Gasteiger partial charge is 0.326 e. The molecule has 0 saturated heterocycles. The molecule has 2 aliphatic rings. The van der Waals surface area contributed by atoms with Gasteiger partial charge in [-0.2, -0.15) is 5.26 Å². The fourth-order valence-electron chi connectivity index (χ4n) is 5.34. The maximum atomic E-state index is 14.0. The molecule has 4 heterocycles. The number of carbonyl (C=O) groups is 1. The first-order valence-corrected chi connectivity index (χ1v) is 13.1. The van der Waals surface area contributed by atoms with Crippen molar-refractivity contribution >= 4 is 47.0 Å². The first-order chi connectivity index (χ1) is 19.0. The Labute approximate surface area is 242 Å². The molecule has 204 valence electrons. The molecule has 0 bridgehead atoms. The summed E-state index contributed by atoms with van der Waals surface area (Å²) in [6.45, 7) is 3.62. The van der Waals surface area contributed by atoms with E-state index in [0.717, 1.165) is 51.8 Å². The fourth-order valence-corrected chi connectivity index (χ4v) is 5.54. The monoisotopic (exact) mass is 577 g/mol. The van der Waals surface area contributed by atoms with Crippen molar-refractivity contribution in [3.05, 3.63) is 105 Å². The number of hydrogen-bond acceptors (Lipinski definition) is 5. The molecule has 0 atom stereocenters. The number of carbonyl (C=O) groups excluding carboxylic acids is 1. The van der Waals surface area contributed by atoms with Gasteiger partial charge in [-0.25, -0.2) is 14.2 Å². The zero-order valence-corrected chi connectivity index (χ0v) is 23.1. The van der Waals surface area contributed by atoms with E-state index < -0.39 is 5.82 Å². The Bertz CT molecular complexity index is 1680. The molecule has 1 amide bonds. The van der Waals surface area contributed by atoms with E-state index in [1.165, 1.54) is 12.1 Å². The Morgan fingerprint density at radius 2 is 2.02 bits per heavy atom. The van der Waals surface area contributed by atoms with Crippen LogP contribution in [0.25, 0.3) is 17.0 Å². The minimum atomic E-state index is -0.517. The van der Waals surface area contributed by atoms with Crippen LogP contribution in [0, 0.1) is 17.1 Å². The van der Waals surface area contributed by atoms with Gasteiger partial charge >= 0.3 is 6.03 Å². The van der Waals surface area contributed by atoms with Crippen LogP contribution in [0.3, 0.4) is 0 Å². The topological polar surface area (TPSA) is 83.2 Å². The van der Waals surface area contributed by atoms with Gasteiger partial charge in [0.05, 0.1) is 24.3 Å². The minimum absolute atomic E-state index is 0. The number of nitriles is 1. The number of nitrogens with one attached hydrogen (secondary N) is 1. The van der Waals surface area contributed by atoms with Crippen molar-refractivity contribution in [1.82, 2.24) is 19.8 Å². The van der Waals surface area contributed by atoms with Crippen LogP contribution in [0.15, 0.2) is 54.7 Å². The quantitative estimate of drug-likeness (QED) is 0.295. The van der Waals surface area contributed by atoms with Crippen LogP contribution in [0.1, 0.15) is 39.1 Å². The highest BCUT2D eigenvalue weighted by atomic mass is 35.5. The van der Waals surface area contributed by atoms with Gasteiger partial charge in [0.25, 0.3) is 0 Å². The molecule has 0 aliphatic carbocycles. The third-order valence-electron chi connectivity index (χ3n) is 7.29. The zero-order valence-electron chi connectivity index (χ0n) is 21.5. The number of ether oxygens (including phenoxy) is 1. The average Bonchev–Trinajstić information content (AvgIpc) is 3.52. The Hall–Kier alpha value is -3.74. The Kier molecular flexibility index (Phi) is 8.19. The van der Waals surface area contributed by atoms with E-state index in [2.05, 4.69) is 27.3 Å². The number of aromatic nitrogens is 2. The molecule has 0 fully saturated rings. The van der Waals surface area contributed by atoms with Crippen molar-refractivity contribution in [2.75, 3.05) is 13.1 Å². The third kappa shape index (κ3) is 5.47. The molecule has 2 aliphatic heterocycles. The predicted octanol–water partition coefficient (Wildman–Crippen LogP) is 5.98. The summed E-state index contributed by atoms with van der Waals surface area (Å²) in [5, 5.41) is 13.4. The van der Waals surface area contributed by atoms with Gasteiger partial charge in [0.2, 0.25) is 0 Å². The van der Waals surface area contributed by atoms with Crippen LogP contribution < -0.4 is 5.32 Å². The number of halogens is 3. The van der Waals surface area contributed by atoms with Crippen LogP contribution in [-0.2, 0) is 37.5 Å². The molecule has 2 aromatic heterocycles. The summed E-state index contributed by atoms with van der Waals surface area (Å²) in [6.07, 6.45) is 6.22. The zero-order chi connectivity index (χ0) is 26.9. The van der Waals surface area contributed by atoms with Gasteiger partial charge in [0, 0.05) is 49.9 Å². The molecule has 7 nitrogen and oxygen atoms in total. The van der Waals surface area contributed by atoms with Crippen molar-refractivity contribution in [3.8, 4) is 6.07 Å². The highest BCUT2D eigenvalue weighted by molar-refractivity contribution is 6.29. The molecule has 0 radical (unpaired) electrons. The second-order valence-electron chi connectivity index (χ2n) is 9.78. The highest BCUT2D eigenvalue weighted by Gasteiger charge is 2.28. The normalized spacial score (nSPS) is 14.5.